The highest BCUT2D eigenvalue weighted by Gasteiger charge is 2.25. The van der Waals surface area contributed by atoms with Gasteiger partial charge in [-0.2, -0.15) is 0 Å². The molecule has 0 aliphatic carbocycles. The van der Waals surface area contributed by atoms with Crippen LogP contribution in [0.2, 0.25) is 0 Å². The van der Waals surface area contributed by atoms with Gasteiger partial charge in [0, 0.05) is 18.4 Å². The molecular formula is C15H22N2O4. The van der Waals surface area contributed by atoms with Crippen LogP contribution in [0.5, 0.6) is 0 Å². The summed E-state index contributed by atoms with van der Waals surface area (Å²) in [5.74, 6) is -1.19. The van der Waals surface area contributed by atoms with Crippen LogP contribution in [0.4, 0.5) is 10.5 Å². The lowest BCUT2D eigenvalue weighted by Crippen LogP contribution is -2.46. The molecular weight excluding hydrogens is 272 g/mol. The Morgan fingerprint density at radius 1 is 1.33 bits per heavy atom. The molecule has 6 nitrogen and oxygen atoms in total. The van der Waals surface area contributed by atoms with E-state index < -0.39 is 18.0 Å². The number of methoxy groups -OCH3 is 1. The molecule has 21 heavy (non-hydrogen) atoms. The smallest absolute Gasteiger partial charge is 0.326 e. The van der Waals surface area contributed by atoms with Gasteiger partial charge in [0.15, 0.2) is 0 Å². The van der Waals surface area contributed by atoms with Gasteiger partial charge in [-0.25, -0.2) is 9.59 Å². The number of para-hydroxylation sites is 1. The number of rotatable bonds is 7. The minimum absolute atomic E-state index is 0.150. The van der Waals surface area contributed by atoms with Crippen LogP contribution in [0.25, 0.3) is 0 Å². The second-order valence-corrected chi connectivity index (χ2v) is 4.89. The molecule has 0 fully saturated rings. The van der Waals surface area contributed by atoms with Crippen molar-refractivity contribution < 1.29 is 19.4 Å². The molecule has 1 unspecified atom stereocenters. The van der Waals surface area contributed by atoms with Crippen molar-refractivity contribution in [1.82, 2.24) is 5.32 Å². The number of anilines is 1. The quantitative estimate of drug-likeness (QED) is 0.721. The number of ether oxygens (including phenoxy) is 1. The van der Waals surface area contributed by atoms with E-state index in [0.717, 1.165) is 5.56 Å². The Morgan fingerprint density at radius 3 is 2.57 bits per heavy atom. The molecule has 2 atom stereocenters. The Hall–Kier alpha value is -2.08. The van der Waals surface area contributed by atoms with E-state index in [4.69, 9.17) is 9.84 Å². The van der Waals surface area contributed by atoms with Gasteiger partial charge in [0.25, 0.3) is 0 Å². The van der Waals surface area contributed by atoms with Crippen LogP contribution in [0, 0.1) is 5.92 Å². The van der Waals surface area contributed by atoms with Crippen LogP contribution < -0.4 is 10.6 Å². The van der Waals surface area contributed by atoms with E-state index in [1.54, 1.807) is 26.2 Å². The predicted molar refractivity (Wildman–Crippen MR) is 80.2 cm³/mol. The summed E-state index contributed by atoms with van der Waals surface area (Å²) in [7, 11) is 1.57. The number of hydrogen-bond acceptors (Lipinski definition) is 3. The molecule has 1 aromatic rings. The molecule has 0 radical (unpaired) electrons. The molecule has 2 amide bonds. The molecule has 0 aliphatic heterocycles. The van der Waals surface area contributed by atoms with Gasteiger partial charge in [-0.1, -0.05) is 38.5 Å². The number of hydrogen-bond donors (Lipinski definition) is 3. The van der Waals surface area contributed by atoms with Crippen LogP contribution in [-0.4, -0.2) is 30.3 Å². The van der Waals surface area contributed by atoms with Crippen LogP contribution in [-0.2, 0) is 16.1 Å². The summed E-state index contributed by atoms with van der Waals surface area (Å²) in [4.78, 5) is 23.2. The zero-order valence-electron chi connectivity index (χ0n) is 12.6. The highest BCUT2D eigenvalue weighted by atomic mass is 16.5. The fourth-order valence-electron chi connectivity index (χ4n) is 1.91. The Balaban J connectivity index is 2.74. The van der Waals surface area contributed by atoms with Gasteiger partial charge in [0.1, 0.15) is 6.04 Å². The van der Waals surface area contributed by atoms with Gasteiger partial charge in [0.05, 0.1) is 6.61 Å². The van der Waals surface area contributed by atoms with Gasteiger partial charge in [-0.15, -0.1) is 0 Å². The maximum absolute atomic E-state index is 12.0. The SMILES string of the molecule is CCC(C)[C@H](NC(=O)Nc1ccccc1COC)C(=O)O. The molecule has 1 rings (SSSR count). The normalized spacial score (nSPS) is 13.3. The lowest BCUT2D eigenvalue weighted by Gasteiger charge is -2.20. The van der Waals surface area contributed by atoms with Crippen molar-refractivity contribution in [1.29, 1.82) is 0 Å². The summed E-state index contributed by atoms with van der Waals surface area (Å²) >= 11 is 0. The van der Waals surface area contributed by atoms with Crippen LogP contribution >= 0.6 is 0 Å². The molecule has 6 heteroatoms. The van der Waals surface area contributed by atoms with E-state index in [-0.39, 0.29) is 5.92 Å². The van der Waals surface area contributed by atoms with Gasteiger partial charge in [-0.05, 0) is 12.0 Å². The molecule has 3 N–H and O–H groups in total. The van der Waals surface area contributed by atoms with E-state index in [9.17, 15) is 9.59 Å². The average molecular weight is 294 g/mol. The number of urea groups is 1. The number of benzene rings is 1. The lowest BCUT2D eigenvalue weighted by molar-refractivity contribution is -0.140. The first kappa shape index (κ1) is 17.0. The van der Waals surface area contributed by atoms with Gasteiger partial charge >= 0.3 is 12.0 Å². The summed E-state index contributed by atoms with van der Waals surface area (Å²) in [6, 6.07) is 5.76. The number of amides is 2. The van der Waals surface area contributed by atoms with Crippen molar-refractivity contribution in [2.45, 2.75) is 32.9 Å². The van der Waals surface area contributed by atoms with Crippen molar-refractivity contribution in [3.8, 4) is 0 Å². The van der Waals surface area contributed by atoms with E-state index in [0.29, 0.717) is 18.7 Å². The Morgan fingerprint density at radius 2 is 2.00 bits per heavy atom. The summed E-state index contributed by atoms with van der Waals surface area (Å²) in [6.45, 7) is 4.04. The highest BCUT2D eigenvalue weighted by molar-refractivity contribution is 5.92. The third-order valence-electron chi connectivity index (χ3n) is 3.33. The minimum atomic E-state index is -1.04. The number of carbonyl (C=O) groups excluding carboxylic acids is 1. The second-order valence-electron chi connectivity index (χ2n) is 4.89. The minimum Gasteiger partial charge on any atom is -0.480 e. The fraction of sp³-hybridized carbons (Fsp3) is 0.467. The first-order valence-corrected chi connectivity index (χ1v) is 6.86. The lowest BCUT2D eigenvalue weighted by atomic mass is 9.99. The number of carboxylic acid groups (broad SMARTS) is 1. The van der Waals surface area contributed by atoms with Gasteiger partial charge < -0.3 is 20.5 Å². The number of carbonyl (C=O) groups is 2. The monoisotopic (exact) mass is 294 g/mol. The standard InChI is InChI=1S/C15H22N2O4/c1-4-10(2)13(14(18)19)17-15(20)16-12-8-6-5-7-11(12)9-21-3/h5-8,10,13H,4,9H2,1-3H3,(H,18,19)(H2,16,17,20)/t10?,13-/m0/s1. The maximum Gasteiger partial charge on any atom is 0.326 e. The Labute approximate surface area is 124 Å². The molecule has 116 valence electrons. The Bertz CT molecular complexity index is 490. The topological polar surface area (TPSA) is 87.7 Å². The number of aliphatic carboxylic acids is 1. The van der Waals surface area contributed by atoms with Crippen LogP contribution in [0.3, 0.4) is 0 Å². The zero-order valence-corrected chi connectivity index (χ0v) is 12.6. The third kappa shape index (κ3) is 5.07. The van der Waals surface area contributed by atoms with Crippen molar-refractivity contribution in [2.75, 3.05) is 12.4 Å². The summed E-state index contributed by atoms with van der Waals surface area (Å²) < 4.78 is 5.06. The number of carboxylic acids is 1. The van der Waals surface area contributed by atoms with Crippen molar-refractivity contribution >= 4 is 17.7 Å². The maximum atomic E-state index is 12.0. The molecule has 0 saturated carbocycles. The van der Waals surface area contributed by atoms with Crippen LogP contribution in [0.1, 0.15) is 25.8 Å². The van der Waals surface area contributed by atoms with Crippen LogP contribution in [0.15, 0.2) is 24.3 Å². The highest BCUT2D eigenvalue weighted by Crippen LogP contribution is 2.16. The Kier molecular flexibility index (Phi) is 6.68. The molecule has 0 saturated heterocycles. The first-order chi connectivity index (χ1) is 9.99. The van der Waals surface area contributed by atoms with E-state index in [1.807, 2.05) is 19.1 Å². The van der Waals surface area contributed by atoms with E-state index in [2.05, 4.69) is 10.6 Å². The predicted octanol–water partition coefficient (Wildman–Crippen LogP) is 2.45. The average Bonchev–Trinajstić information content (AvgIpc) is 2.46. The summed E-state index contributed by atoms with van der Waals surface area (Å²) in [6.07, 6.45) is 0.664. The second kappa shape index (κ2) is 8.26. The third-order valence-corrected chi connectivity index (χ3v) is 3.33. The largest absolute Gasteiger partial charge is 0.480 e. The van der Waals surface area contributed by atoms with Crippen molar-refractivity contribution in [2.24, 2.45) is 5.92 Å². The number of nitrogens with one attached hydrogen (secondary N) is 2. The van der Waals surface area contributed by atoms with Gasteiger partial charge in [0.2, 0.25) is 0 Å². The molecule has 0 spiro atoms. The van der Waals surface area contributed by atoms with Crippen molar-refractivity contribution in [3.63, 3.8) is 0 Å². The molecule has 1 aromatic carbocycles. The molecule has 0 aromatic heterocycles. The molecule has 0 heterocycles. The summed E-state index contributed by atoms with van der Waals surface area (Å²) in [5.41, 5.74) is 1.43. The van der Waals surface area contributed by atoms with Crippen molar-refractivity contribution in [3.05, 3.63) is 29.8 Å². The molecule has 0 bridgehead atoms. The fourth-order valence-corrected chi connectivity index (χ4v) is 1.91. The first-order valence-electron chi connectivity index (χ1n) is 6.86. The van der Waals surface area contributed by atoms with Gasteiger partial charge in [-0.3, -0.25) is 0 Å². The zero-order chi connectivity index (χ0) is 15.8. The molecule has 0 aliphatic rings. The summed E-state index contributed by atoms with van der Waals surface area (Å²) in [5, 5.41) is 14.3. The van der Waals surface area contributed by atoms with E-state index >= 15 is 0 Å². The van der Waals surface area contributed by atoms with E-state index in [1.165, 1.54) is 0 Å².